The van der Waals surface area contributed by atoms with Gasteiger partial charge in [0.05, 0.1) is 0 Å². The highest BCUT2D eigenvalue weighted by molar-refractivity contribution is 14.1. The monoisotopic (exact) mass is 326 g/mol. The quantitative estimate of drug-likeness (QED) is 0.546. The molecule has 0 radical (unpaired) electrons. The van der Waals surface area contributed by atoms with Crippen LogP contribution in [-0.4, -0.2) is 10.2 Å². The standard InChI is InChI=1S/C7H8BrISi/c8-7-3-6(9)2-1-5(7)4-10/h1-3H,4H2,10H3. The molecule has 0 unspecified atom stereocenters. The Hall–Kier alpha value is 0.647. The second kappa shape index (κ2) is 3.87. The first kappa shape index (κ1) is 8.74. The lowest BCUT2D eigenvalue weighted by molar-refractivity contribution is 1.36. The summed E-state index contributed by atoms with van der Waals surface area (Å²) < 4.78 is 2.55. The van der Waals surface area contributed by atoms with Gasteiger partial charge in [-0.3, -0.25) is 0 Å². The molecule has 3 heteroatoms. The van der Waals surface area contributed by atoms with E-state index in [1.165, 1.54) is 29.9 Å². The SMILES string of the molecule is [SiH3]Cc1ccc(I)cc1Br. The molecule has 1 rings (SSSR count). The number of rotatable bonds is 1. The molecule has 0 spiro atoms. The maximum Gasteiger partial charge on any atom is 0.0214 e. The van der Waals surface area contributed by atoms with E-state index in [4.69, 9.17) is 0 Å². The minimum atomic E-state index is 1.23. The Kier molecular flexibility index (Phi) is 3.39. The first-order valence-corrected chi connectivity index (χ1v) is 6.46. The predicted molar refractivity (Wildman–Crippen MR) is 60.5 cm³/mol. The highest BCUT2D eigenvalue weighted by atomic mass is 127. The molecule has 0 aromatic heterocycles. The van der Waals surface area contributed by atoms with Gasteiger partial charge < -0.3 is 0 Å². The van der Waals surface area contributed by atoms with Crippen molar-refractivity contribution in [3.63, 3.8) is 0 Å². The Morgan fingerprint density at radius 1 is 1.50 bits per heavy atom. The summed E-state index contributed by atoms with van der Waals surface area (Å²) in [5.74, 6) is 0. The Morgan fingerprint density at radius 2 is 2.20 bits per heavy atom. The first-order valence-electron chi connectivity index (χ1n) is 3.18. The molecule has 0 heterocycles. The zero-order chi connectivity index (χ0) is 7.56. The van der Waals surface area contributed by atoms with Crippen LogP contribution >= 0.6 is 38.5 Å². The minimum absolute atomic E-state index is 1.23. The van der Waals surface area contributed by atoms with Gasteiger partial charge in [0.25, 0.3) is 0 Å². The zero-order valence-corrected chi connectivity index (χ0v) is 11.4. The van der Waals surface area contributed by atoms with E-state index >= 15 is 0 Å². The summed E-state index contributed by atoms with van der Waals surface area (Å²) in [5, 5.41) is 0. The molecule has 0 amide bonds. The zero-order valence-electron chi connectivity index (χ0n) is 5.70. The molecule has 0 aliphatic rings. The number of hydrogen-bond donors (Lipinski definition) is 0. The lowest BCUT2D eigenvalue weighted by atomic mass is 10.2. The van der Waals surface area contributed by atoms with Crippen LogP contribution in [0.4, 0.5) is 0 Å². The van der Waals surface area contributed by atoms with Crippen molar-refractivity contribution in [2.24, 2.45) is 0 Å². The van der Waals surface area contributed by atoms with Crippen LogP contribution < -0.4 is 0 Å². The van der Waals surface area contributed by atoms with Gasteiger partial charge in [0.15, 0.2) is 0 Å². The van der Waals surface area contributed by atoms with Gasteiger partial charge in [-0.05, 0) is 46.3 Å². The predicted octanol–water partition coefficient (Wildman–Crippen LogP) is 1.92. The lowest BCUT2D eigenvalue weighted by Crippen LogP contribution is -1.85. The number of benzene rings is 1. The summed E-state index contributed by atoms with van der Waals surface area (Å²) in [6.07, 6.45) is 0. The fraction of sp³-hybridized carbons (Fsp3) is 0.143. The van der Waals surface area contributed by atoms with Crippen LogP contribution in [0, 0.1) is 3.57 Å². The van der Waals surface area contributed by atoms with Crippen LogP contribution in [0.25, 0.3) is 0 Å². The molecule has 0 aliphatic heterocycles. The Labute approximate surface area is 86.1 Å². The molecule has 1 aromatic carbocycles. The topological polar surface area (TPSA) is 0 Å². The Bertz CT molecular complexity index is 237. The van der Waals surface area contributed by atoms with Crippen LogP contribution in [0.1, 0.15) is 5.56 Å². The number of hydrogen-bond acceptors (Lipinski definition) is 0. The number of halogens is 2. The second-order valence-corrected chi connectivity index (χ2v) is 4.90. The molecule has 0 atom stereocenters. The van der Waals surface area contributed by atoms with Crippen molar-refractivity contribution in [2.75, 3.05) is 0 Å². The van der Waals surface area contributed by atoms with E-state index in [1.54, 1.807) is 0 Å². The van der Waals surface area contributed by atoms with Gasteiger partial charge >= 0.3 is 0 Å². The molecule has 0 bridgehead atoms. The van der Waals surface area contributed by atoms with Gasteiger partial charge in [-0.2, -0.15) is 0 Å². The van der Waals surface area contributed by atoms with E-state index in [9.17, 15) is 0 Å². The largest absolute Gasteiger partial charge is 0.0572 e. The normalized spacial score (nSPS) is 10.2. The van der Waals surface area contributed by atoms with E-state index in [1.807, 2.05) is 0 Å². The molecule has 0 saturated carbocycles. The molecule has 54 valence electrons. The van der Waals surface area contributed by atoms with Crippen molar-refractivity contribution in [3.05, 3.63) is 31.8 Å². The van der Waals surface area contributed by atoms with Crippen molar-refractivity contribution < 1.29 is 0 Å². The maximum absolute atomic E-state index is 3.52. The molecule has 0 aliphatic carbocycles. The van der Waals surface area contributed by atoms with Crippen molar-refractivity contribution in [3.8, 4) is 0 Å². The summed E-state index contributed by atoms with van der Waals surface area (Å²) >= 11 is 5.84. The fourth-order valence-electron chi connectivity index (χ4n) is 0.808. The minimum Gasteiger partial charge on any atom is -0.0572 e. The van der Waals surface area contributed by atoms with Gasteiger partial charge in [-0.15, -0.1) is 0 Å². The van der Waals surface area contributed by atoms with E-state index in [2.05, 4.69) is 56.7 Å². The third-order valence-electron chi connectivity index (χ3n) is 1.40. The summed E-state index contributed by atoms with van der Waals surface area (Å²) in [6.45, 7) is 0. The molecular weight excluding hydrogens is 319 g/mol. The average Bonchev–Trinajstić information content (AvgIpc) is 1.88. The summed E-state index contributed by atoms with van der Waals surface area (Å²) in [6, 6.07) is 7.74. The molecule has 0 N–H and O–H groups in total. The van der Waals surface area contributed by atoms with E-state index in [-0.39, 0.29) is 0 Å². The average molecular weight is 327 g/mol. The first-order chi connectivity index (χ1) is 4.74. The van der Waals surface area contributed by atoms with E-state index < -0.39 is 0 Å². The summed E-state index contributed by atoms with van der Waals surface area (Å²) in [5.41, 5.74) is 1.44. The third kappa shape index (κ3) is 2.07. The Balaban J connectivity index is 3.07. The van der Waals surface area contributed by atoms with Gasteiger partial charge in [0.2, 0.25) is 0 Å². The van der Waals surface area contributed by atoms with Crippen molar-refractivity contribution in [1.82, 2.24) is 0 Å². The van der Waals surface area contributed by atoms with Gasteiger partial charge in [-0.25, -0.2) is 0 Å². The van der Waals surface area contributed by atoms with Crippen molar-refractivity contribution in [2.45, 2.75) is 6.04 Å². The van der Waals surface area contributed by atoms with Crippen LogP contribution in [0.15, 0.2) is 22.7 Å². The third-order valence-corrected chi connectivity index (χ3v) is 3.57. The summed E-state index contributed by atoms with van der Waals surface area (Å²) in [4.78, 5) is 0. The van der Waals surface area contributed by atoms with E-state index in [0.717, 1.165) is 0 Å². The van der Waals surface area contributed by atoms with Crippen LogP contribution in [0.3, 0.4) is 0 Å². The van der Waals surface area contributed by atoms with Gasteiger partial charge in [-0.1, -0.05) is 22.0 Å². The molecule has 10 heavy (non-hydrogen) atoms. The second-order valence-electron chi connectivity index (χ2n) is 2.09. The van der Waals surface area contributed by atoms with Gasteiger partial charge in [0, 0.05) is 18.3 Å². The molecule has 0 saturated heterocycles. The summed E-state index contributed by atoms with van der Waals surface area (Å²) in [7, 11) is 1.24. The van der Waals surface area contributed by atoms with E-state index in [0.29, 0.717) is 0 Å². The fourth-order valence-corrected chi connectivity index (χ4v) is 3.52. The maximum atomic E-state index is 3.52. The van der Waals surface area contributed by atoms with Crippen molar-refractivity contribution >= 4 is 48.8 Å². The van der Waals surface area contributed by atoms with Crippen LogP contribution in [-0.2, 0) is 6.04 Å². The lowest BCUT2D eigenvalue weighted by Gasteiger charge is -1.99. The highest BCUT2D eigenvalue weighted by Gasteiger charge is 1.95. The molecule has 0 fully saturated rings. The van der Waals surface area contributed by atoms with Crippen LogP contribution in [0.2, 0.25) is 0 Å². The van der Waals surface area contributed by atoms with Gasteiger partial charge in [0.1, 0.15) is 0 Å². The highest BCUT2D eigenvalue weighted by Crippen LogP contribution is 2.19. The van der Waals surface area contributed by atoms with Crippen molar-refractivity contribution in [1.29, 1.82) is 0 Å². The van der Waals surface area contributed by atoms with Crippen LogP contribution in [0.5, 0.6) is 0 Å². The molecule has 0 nitrogen and oxygen atoms in total. The molecule has 1 aromatic rings. The molecular formula is C7H8BrISi. The smallest absolute Gasteiger partial charge is 0.0214 e. The Morgan fingerprint density at radius 3 is 2.70 bits per heavy atom.